The second-order valence-corrected chi connectivity index (χ2v) is 7.41. The van der Waals surface area contributed by atoms with Gasteiger partial charge in [0.1, 0.15) is 0 Å². The van der Waals surface area contributed by atoms with Crippen molar-refractivity contribution in [1.29, 1.82) is 0 Å². The van der Waals surface area contributed by atoms with Crippen molar-refractivity contribution in [3.8, 4) is 0 Å². The first-order valence-electron chi connectivity index (χ1n) is 7.94. The fourth-order valence-electron chi connectivity index (χ4n) is 1.93. The lowest BCUT2D eigenvalue weighted by Crippen LogP contribution is -2.38. The Morgan fingerprint density at radius 1 is 1.20 bits per heavy atom. The number of carbonyl (C=O) groups excluding carboxylic acids is 2. The van der Waals surface area contributed by atoms with Crippen LogP contribution in [0.2, 0.25) is 0 Å². The molecule has 134 valence electrons. The number of rotatable bonds is 8. The number of aromatic nitrogens is 2. The molecule has 0 radical (unpaired) electrons. The smallest absolute Gasteiger partial charge is 0.321 e. The molecule has 0 aliphatic rings. The van der Waals surface area contributed by atoms with E-state index >= 15 is 0 Å². The van der Waals surface area contributed by atoms with Crippen molar-refractivity contribution in [3.05, 3.63) is 29.8 Å². The zero-order valence-corrected chi connectivity index (χ0v) is 15.8. The van der Waals surface area contributed by atoms with Crippen LogP contribution in [-0.4, -0.2) is 34.9 Å². The minimum absolute atomic E-state index is 0.105. The highest BCUT2D eigenvalue weighted by Crippen LogP contribution is 2.27. The quantitative estimate of drug-likeness (QED) is 0.610. The van der Waals surface area contributed by atoms with Crippen molar-refractivity contribution < 1.29 is 9.59 Å². The largest absolute Gasteiger partial charge is 0.341 e. The van der Waals surface area contributed by atoms with Gasteiger partial charge in [0.15, 0.2) is 4.34 Å². The van der Waals surface area contributed by atoms with Crippen molar-refractivity contribution in [1.82, 2.24) is 20.8 Å². The van der Waals surface area contributed by atoms with Crippen molar-refractivity contribution >= 4 is 45.9 Å². The molecule has 1 aromatic carbocycles. The molecule has 7 nitrogen and oxygen atoms in total. The fraction of sp³-hybridized carbons (Fsp3) is 0.375. The Kier molecular flexibility index (Phi) is 7.68. The summed E-state index contributed by atoms with van der Waals surface area (Å²) in [6, 6.07) is 7.74. The second kappa shape index (κ2) is 10.00. The number of unbranched alkanes of at least 4 members (excludes halogenated alkanes) is 1. The van der Waals surface area contributed by atoms with Gasteiger partial charge in [0.2, 0.25) is 11.0 Å². The second-order valence-electron chi connectivity index (χ2n) is 5.21. The van der Waals surface area contributed by atoms with E-state index in [2.05, 4.69) is 45.2 Å². The molecule has 1 aromatic heterocycles. The van der Waals surface area contributed by atoms with E-state index in [9.17, 15) is 9.59 Å². The molecule has 3 N–H and O–H groups in total. The zero-order valence-electron chi connectivity index (χ0n) is 14.2. The van der Waals surface area contributed by atoms with E-state index in [-0.39, 0.29) is 11.7 Å². The maximum absolute atomic E-state index is 11.5. The van der Waals surface area contributed by atoms with Gasteiger partial charge in [-0.1, -0.05) is 48.6 Å². The number of imide groups is 1. The number of urea groups is 1. The average molecular weight is 380 g/mol. The van der Waals surface area contributed by atoms with E-state index in [1.165, 1.54) is 48.6 Å². The number of carbonyl (C=O) groups is 2. The number of hydrogen-bond acceptors (Lipinski definition) is 7. The first-order valence-corrected chi connectivity index (χ1v) is 9.74. The molecule has 0 bridgehead atoms. The molecule has 0 unspecified atom stereocenters. The summed E-state index contributed by atoms with van der Waals surface area (Å²) in [6.45, 7) is 2.18. The third-order valence-corrected chi connectivity index (χ3v) is 5.21. The minimum Gasteiger partial charge on any atom is -0.341 e. The zero-order chi connectivity index (χ0) is 18.1. The average Bonchev–Trinajstić information content (AvgIpc) is 3.06. The Balaban J connectivity index is 1.82. The number of thioether (sulfide) groups is 1. The number of benzene rings is 1. The molecule has 0 saturated carbocycles. The van der Waals surface area contributed by atoms with E-state index in [1.54, 1.807) is 0 Å². The molecule has 9 heteroatoms. The Bertz CT molecular complexity index is 703. The first-order chi connectivity index (χ1) is 12.1. The number of aryl methyl sites for hydroxylation is 1. The van der Waals surface area contributed by atoms with Crippen LogP contribution >= 0.6 is 23.1 Å². The number of nitrogens with one attached hydrogen (secondary N) is 3. The van der Waals surface area contributed by atoms with E-state index in [1.807, 2.05) is 12.1 Å². The van der Waals surface area contributed by atoms with Crippen LogP contribution in [0.25, 0.3) is 0 Å². The number of amides is 3. The molecule has 0 aliphatic heterocycles. The van der Waals surface area contributed by atoms with E-state index < -0.39 is 6.03 Å². The summed E-state index contributed by atoms with van der Waals surface area (Å²) in [4.78, 5) is 22.6. The van der Waals surface area contributed by atoms with Crippen LogP contribution in [0.5, 0.6) is 0 Å². The van der Waals surface area contributed by atoms with Crippen LogP contribution in [0.3, 0.4) is 0 Å². The summed E-state index contributed by atoms with van der Waals surface area (Å²) in [5, 5.41) is 16.5. The molecule has 2 aromatic rings. The lowest BCUT2D eigenvalue weighted by Gasteiger charge is -2.04. The summed E-state index contributed by atoms with van der Waals surface area (Å²) in [7, 11) is 1.45. The van der Waals surface area contributed by atoms with Crippen molar-refractivity contribution in [2.24, 2.45) is 0 Å². The van der Waals surface area contributed by atoms with Gasteiger partial charge >= 0.3 is 6.03 Å². The van der Waals surface area contributed by atoms with Crippen LogP contribution in [-0.2, 0) is 11.2 Å². The molecular weight excluding hydrogens is 358 g/mol. The van der Waals surface area contributed by atoms with Gasteiger partial charge in [-0.25, -0.2) is 4.79 Å². The van der Waals surface area contributed by atoms with Crippen LogP contribution < -0.4 is 16.0 Å². The van der Waals surface area contributed by atoms with Gasteiger partial charge in [0.05, 0.1) is 5.75 Å². The third kappa shape index (κ3) is 6.71. The van der Waals surface area contributed by atoms with Crippen molar-refractivity contribution in [2.75, 3.05) is 18.1 Å². The number of nitrogens with zero attached hydrogens (tertiary/aromatic N) is 2. The monoisotopic (exact) mass is 379 g/mol. The van der Waals surface area contributed by atoms with E-state index in [4.69, 9.17) is 0 Å². The Morgan fingerprint density at radius 2 is 1.96 bits per heavy atom. The Hall–Kier alpha value is -2.13. The Morgan fingerprint density at radius 3 is 2.64 bits per heavy atom. The predicted molar refractivity (Wildman–Crippen MR) is 102 cm³/mol. The van der Waals surface area contributed by atoms with Gasteiger partial charge in [0.25, 0.3) is 0 Å². The van der Waals surface area contributed by atoms with E-state index in [0.717, 1.165) is 12.1 Å². The topological polar surface area (TPSA) is 96.0 Å². The molecule has 0 atom stereocenters. The standard InChI is InChI=1S/C16H21N5O2S2/c1-3-4-5-11-6-8-12(9-7-11)18-15-20-21-16(25-15)24-10-13(22)19-14(23)17-2/h6-9H,3-5,10H2,1-2H3,(H,18,20)(H2,17,19,22,23). The summed E-state index contributed by atoms with van der Waals surface area (Å²) in [5.41, 5.74) is 2.27. The lowest BCUT2D eigenvalue weighted by atomic mass is 10.1. The van der Waals surface area contributed by atoms with Gasteiger partial charge < -0.3 is 10.6 Å². The van der Waals surface area contributed by atoms with Gasteiger partial charge in [-0.05, 0) is 30.5 Å². The fourth-order valence-corrected chi connectivity index (χ4v) is 3.50. The Labute approximate surface area is 155 Å². The van der Waals surface area contributed by atoms with Crippen molar-refractivity contribution in [3.63, 3.8) is 0 Å². The highest BCUT2D eigenvalue weighted by atomic mass is 32.2. The minimum atomic E-state index is -0.521. The summed E-state index contributed by atoms with van der Waals surface area (Å²) < 4.78 is 0.661. The summed E-state index contributed by atoms with van der Waals surface area (Å²) in [6.07, 6.45) is 3.47. The molecule has 25 heavy (non-hydrogen) atoms. The van der Waals surface area contributed by atoms with Crippen LogP contribution in [0, 0.1) is 0 Å². The summed E-state index contributed by atoms with van der Waals surface area (Å²) in [5.74, 6) is -0.273. The van der Waals surface area contributed by atoms with E-state index in [0.29, 0.717) is 9.47 Å². The molecule has 0 saturated heterocycles. The van der Waals surface area contributed by atoms with Gasteiger partial charge in [-0.15, -0.1) is 10.2 Å². The van der Waals surface area contributed by atoms with Crippen LogP contribution in [0.1, 0.15) is 25.3 Å². The highest BCUT2D eigenvalue weighted by molar-refractivity contribution is 8.01. The maximum Gasteiger partial charge on any atom is 0.321 e. The maximum atomic E-state index is 11.5. The normalized spacial score (nSPS) is 10.3. The molecular formula is C16H21N5O2S2. The van der Waals surface area contributed by atoms with Gasteiger partial charge in [-0.2, -0.15) is 0 Å². The van der Waals surface area contributed by atoms with Crippen LogP contribution in [0.4, 0.5) is 15.6 Å². The van der Waals surface area contributed by atoms with Gasteiger partial charge in [-0.3, -0.25) is 10.1 Å². The molecule has 1 heterocycles. The molecule has 0 fully saturated rings. The molecule has 0 spiro atoms. The lowest BCUT2D eigenvalue weighted by molar-refractivity contribution is -0.117. The first kappa shape index (κ1) is 19.2. The van der Waals surface area contributed by atoms with Crippen LogP contribution in [0.15, 0.2) is 28.6 Å². The number of hydrogen-bond donors (Lipinski definition) is 3. The molecule has 3 amide bonds. The summed E-state index contributed by atoms with van der Waals surface area (Å²) >= 11 is 2.60. The SMILES string of the molecule is CCCCc1ccc(Nc2nnc(SCC(=O)NC(=O)NC)s2)cc1. The number of anilines is 2. The highest BCUT2D eigenvalue weighted by Gasteiger charge is 2.10. The third-order valence-electron chi connectivity index (χ3n) is 3.24. The predicted octanol–water partition coefficient (Wildman–Crippen LogP) is 3.17. The molecule has 0 aliphatic carbocycles. The van der Waals surface area contributed by atoms with Gasteiger partial charge in [0, 0.05) is 12.7 Å². The molecule has 2 rings (SSSR count). The van der Waals surface area contributed by atoms with Crippen molar-refractivity contribution in [2.45, 2.75) is 30.5 Å².